The molecular formula is C17H25BrClNO. The van der Waals surface area contributed by atoms with Gasteiger partial charge in [0, 0.05) is 15.9 Å². The van der Waals surface area contributed by atoms with E-state index in [9.17, 15) is 4.79 Å². The van der Waals surface area contributed by atoms with Crippen LogP contribution in [0.2, 0.25) is 5.02 Å². The van der Waals surface area contributed by atoms with Crippen molar-refractivity contribution in [3.63, 3.8) is 0 Å². The Morgan fingerprint density at radius 2 is 1.76 bits per heavy atom. The Morgan fingerprint density at radius 3 is 2.19 bits per heavy atom. The summed E-state index contributed by atoms with van der Waals surface area (Å²) in [7, 11) is 0. The largest absolute Gasteiger partial charge is 0.297 e. The van der Waals surface area contributed by atoms with Crippen molar-refractivity contribution in [1.82, 2.24) is 4.90 Å². The highest BCUT2D eigenvalue weighted by molar-refractivity contribution is 9.10. The standard InChI is InChI=1S/C17H25BrClNO/c1-5-17(6-2,20(7-3)8-4)16(21)11-13-9-10-14(18)12-15(13)19/h9-10,12H,5-8,11H2,1-4H3. The van der Waals surface area contributed by atoms with Crippen molar-refractivity contribution in [2.75, 3.05) is 13.1 Å². The molecule has 0 aromatic heterocycles. The van der Waals surface area contributed by atoms with E-state index in [1.54, 1.807) is 0 Å². The average Bonchev–Trinajstić information content (AvgIpc) is 2.47. The minimum absolute atomic E-state index is 0.264. The van der Waals surface area contributed by atoms with Crippen LogP contribution in [0.1, 0.15) is 46.1 Å². The number of likely N-dealkylation sites (N-methyl/N-ethyl adjacent to an activating group) is 1. The molecule has 0 saturated carbocycles. The summed E-state index contributed by atoms with van der Waals surface area (Å²) in [5.74, 6) is 0.264. The second-order valence-corrected chi connectivity index (χ2v) is 6.57. The second-order valence-electron chi connectivity index (χ2n) is 5.25. The van der Waals surface area contributed by atoms with Gasteiger partial charge in [0.15, 0.2) is 5.78 Å². The molecule has 0 unspecified atom stereocenters. The number of halogens is 2. The number of carbonyl (C=O) groups excluding carboxylic acids is 1. The van der Waals surface area contributed by atoms with Gasteiger partial charge in [0.25, 0.3) is 0 Å². The van der Waals surface area contributed by atoms with Gasteiger partial charge < -0.3 is 0 Å². The molecule has 0 heterocycles. The molecule has 1 aromatic rings. The third kappa shape index (κ3) is 4.08. The van der Waals surface area contributed by atoms with Crippen molar-refractivity contribution in [1.29, 1.82) is 0 Å². The molecular weight excluding hydrogens is 350 g/mol. The van der Waals surface area contributed by atoms with E-state index in [0.717, 1.165) is 36.0 Å². The molecule has 0 amide bonds. The summed E-state index contributed by atoms with van der Waals surface area (Å²) in [6.45, 7) is 10.2. The minimum Gasteiger partial charge on any atom is -0.297 e. The van der Waals surface area contributed by atoms with Crippen LogP contribution >= 0.6 is 27.5 Å². The van der Waals surface area contributed by atoms with E-state index < -0.39 is 0 Å². The van der Waals surface area contributed by atoms with Gasteiger partial charge in [-0.15, -0.1) is 0 Å². The lowest BCUT2D eigenvalue weighted by Gasteiger charge is -2.41. The third-order valence-electron chi connectivity index (χ3n) is 4.42. The maximum absolute atomic E-state index is 13.0. The smallest absolute Gasteiger partial charge is 0.157 e. The van der Waals surface area contributed by atoms with Crippen LogP contribution in [0, 0.1) is 0 Å². The Kier molecular flexibility index (Phi) is 7.38. The second kappa shape index (κ2) is 8.30. The number of carbonyl (C=O) groups is 1. The Balaban J connectivity index is 3.07. The van der Waals surface area contributed by atoms with Crippen molar-refractivity contribution in [2.24, 2.45) is 0 Å². The molecule has 118 valence electrons. The highest BCUT2D eigenvalue weighted by atomic mass is 79.9. The van der Waals surface area contributed by atoms with Crippen LogP contribution < -0.4 is 0 Å². The van der Waals surface area contributed by atoms with Gasteiger partial charge in [-0.25, -0.2) is 0 Å². The van der Waals surface area contributed by atoms with Crippen LogP contribution in [0.5, 0.6) is 0 Å². The molecule has 21 heavy (non-hydrogen) atoms. The fourth-order valence-electron chi connectivity index (χ4n) is 3.10. The molecule has 1 rings (SSSR count). The maximum atomic E-state index is 13.0. The van der Waals surface area contributed by atoms with Crippen LogP contribution in [0.15, 0.2) is 22.7 Å². The van der Waals surface area contributed by atoms with Gasteiger partial charge in [-0.05, 0) is 43.6 Å². The SMILES string of the molecule is CCN(CC)C(CC)(CC)C(=O)Cc1ccc(Br)cc1Cl. The molecule has 0 spiro atoms. The van der Waals surface area contributed by atoms with Crippen molar-refractivity contribution in [2.45, 2.75) is 52.5 Å². The minimum atomic E-state index is -0.375. The fraction of sp³-hybridized carbons (Fsp3) is 0.588. The topological polar surface area (TPSA) is 20.3 Å². The van der Waals surface area contributed by atoms with Crippen molar-refractivity contribution >= 4 is 33.3 Å². The zero-order chi connectivity index (χ0) is 16.0. The summed E-state index contributed by atoms with van der Waals surface area (Å²) < 4.78 is 0.935. The zero-order valence-electron chi connectivity index (χ0n) is 13.4. The lowest BCUT2D eigenvalue weighted by molar-refractivity contribution is -0.131. The normalized spacial score (nSPS) is 12.0. The summed E-state index contributed by atoms with van der Waals surface area (Å²) in [4.78, 5) is 15.3. The molecule has 0 atom stereocenters. The third-order valence-corrected chi connectivity index (χ3v) is 5.27. The Hall–Kier alpha value is -0.380. The van der Waals surface area contributed by atoms with Crippen molar-refractivity contribution < 1.29 is 4.79 Å². The number of ketones is 1. The molecule has 0 bridgehead atoms. The van der Waals surface area contributed by atoms with E-state index in [1.807, 2.05) is 18.2 Å². The molecule has 0 radical (unpaired) electrons. The predicted octanol–water partition coefficient (Wildman–Crippen LogP) is 5.11. The van der Waals surface area contributed by atoms with E-state index in [-0.39, 0.29) is 11.3 Å². The van der Waals surface area contributed by atoms with Gasteiger partial charge in [-0.1, -0.05) is 61.3 Å². The number of hydrogen-bond acceptors (Lipinski definition) is 2. The number of Topliss-reactive ketones (excluding diaryl/α,β-unsaturated/α-hetero) is 1. The van der Waals surface area contributed by atoms with Crippen molar-refractivity contribution in [3.05, 3.63) is 33.3 Å². The first-order valence-corrected chi connectivity index (χ1v) is 8.84. The first kappa shape index (κ1) is 18.7. The lowest BCUT2D eigenvalue weighted by Crippen LogP contribution is -2.54. The van der Waals surface area contributed by atoms with E-state index in [0.29, 0.717) is 11.4 Å². The lowest BCUT2D eigenvalue weighted by atomic mass is 9.83. The fourth-order valence-corrected chi connectivity index (χ4v) is 3.84. The van der Waals surface area contributed by atoms with E-state index in [1.165, 1.54) is 0 Å². The molecule has 0 N–H and O–H groups in total. The Labute approximate surface area is 142 Å². The van der Waals surface area contributed by atoms with Crippen LogP contribution in [0.25, 0.3) is 0 Å². The molecule has 0 saturated heterocycles. The van der Waals surface area contributed by atoms with Gasteiger partial charge in [0.2, 0.25) is 0 Å². The summed E-state index contributed by atoms with van der Waals surface area (Å²) in [5, 5.41) is 0.651. The molecule has 1 aromatic carbocycles. The highest BCUT2D eigenvalue weighted by Gasteiger charge is 2.38. The quantitative estimate of drug-likeness (QED) is 0.630. The molecule has 2 nitrogen and oxygen atoms in total. The Morgan fingerprint density at radius 1 is 1.19 bits per heavy atom. The van der Waals surface area contributed by atoms with Gasteiger partial charge in [0.1, 0.15) is 0 Å². The molecule has 0 aliphatic carbocycles. The predicted molar refractivity (Wildman–Crippen MR) is 94.1 cm³/mol. The Bertz CT molecular complexity index is 482. The first-order chi connectivity index (χ1) is 9.94. The van der Waals surface area contributed by atoms with Gasteiger partial charge in [-0.2, -0.15) is 0 Å². The van der Waals surface area contributed by atoms with Crippen molar-refractivity contribution in [3.8, 4) is 0 Å². The van der Waals surface area contributed by atoms with Crippen LogP contribution in [0.4, 0.5) is 0 Å². The first-order valence-electron chi connectivity index (χ1n) is 7.67. The number of benzene rings is 1. The van der Waals surface area contributed by atoms with Gasteiger partial charge >= 0.3 is 0 Å². The highest BCUT2D eigenvalue weighted by Crippen LogP contribution is 2.29. The average molecular weight is 375 g/mol. The van der Waals surface area contributed by atoms with Crippen LogP contribution in [-0.2, 0) is 11.2 Å². The summed E-state index contributed by atoms with van der Waals surface area (Å²) in [6.07, 6.45) is 2.06. The molecule has 0 fully saturated rings. The number of nitrogens with zero attached hydrogens (tertiary/aromatic N) is 1. The van der Waals surface area contributed by atoms with E-state index in [2.05, 4.69) is 48.5 Å². The number of hydrogen-bond donors (Lipinski definition) is 0. The van der Waals surface area contributed by atoms with E-state index >= 15 is 0 Å². The molecule has 0 aliphatic heterocycles. The van der Waals surface area contributed by atoms with Gasteiger partial charge in [0.05, 0.1) is 5.54 Å². The monoisotopic (exact) mass is 373 g/mol. The van der Waals surface area contributed by atoms with Gasteiger partial charge in [-0.3, -0.25) is 9.69 Å². The molecule has 0 aliphatic rings. The van der Waals surface area contributed by atoms with Crippen LogP contribution in [0.3, 0.4) is 0 Å². The number of rotatable bonds is 8. The zero-order valence-corrected chi connectivity index (χ0v) is 15.7. The summed E-state index contributed by atoms with van der Waals surface area (Å²) in [6, 6.07) is 5.72. The molecule has 4 heteroatoms. The summed E-state index contributed by atoms with van der Waals surface area (Å²) in [5.41, 5.74) is 0.531. The maximum Gasteiger partial charge on any atom is 0.157 e. The van der Waals surface area contributed by atoms with Crippen LogP contribution in [-0.4, -0.2) is 29.3 Å². The summed E-state index contributed by atoms with van der Waals surface area (Å²) >= 11 is 9.66. The van der Waals surface area contributed by atoms with E-state index in [4.69, 9.17) is 11.6 Å².